The number of hydrogen-bond acceptors (Lipinski definition) is 6. The predicted molar refractivity (Wildman–Crippen MR) is 140 cm³/mol. The fourth-order valence-electron chi connectivity index (χ4n) is 5.10. The molecule has 2 heterocycles. The highest BCUT2D eigenvalue weighted by atomic mass is 32.1. The van der Waals surface area contributed by atoms with Crippen LogP contribution in [-0.4, -0.2) is 53.4 Å². The maximum Gasteiger partial charge on any atom is 0.203 e. The largest absolute Gasteiger partial charge is 0.493 e. The molecule has 186 valence electrons. The molecule has 8 heteroatoms. The number of methoxy groups -OCH3 is 3. The lowest BCUT2D eigenvalue weighted by atomic mass is 9.80. The molecule has 0 spiro atoms. The van der Waals surface area contributed by atoms with E-state index in [0.29, 0.717) is 35.5 Å². The molecule has 3 rings (SSSR count). The Morgan fingerprint density at radius 2 is 1.71 bits per heavy atom. The van der Waals surface area contributed by atoms with Crippen molar-refractivity contribution < 1.29 is 14.2 Å². The number of aromatic nitrogens is 1. The zero-order chi connectivity index (χ0) is 24.9. The molecule has 0 aliphatic carbocycles. The number of piperidine rings is 1. The van der Waals surface area contributed by atoms with Crippen molar-refractivity contribution in [3.63, 3.8) is 0 Å². The zero-order valence-corrected chi connectivity index (χ0v) is 22.2. The standard InChI is InChI=1S/C26H38N4O3S/c1-25(2)13-20(14-26(3,4)29-25)28-24(34)30(16-18-9-8-12-27-15-18)17-19-10-11-21(31-5)23(33-7)22(19)32-6/h8-12,15,20,29H,13-14,16-17H2,1-7H3,(H,28,34). The van der Waals surface area contributed by atoms with Gasteiger partial charge in [-0.1, -0.05) is 6.07 Å². The average Bonchev–Trinajstić information content (AvgIpc) is 2.76. The lowest BCUT2D eigenvalue weighted by Gasteiger charge is -2.47. The number of nitrogens with zero attached hydrogens (tertiary/aromatic N) is 2. The normalized spacial score (nSPS) is 17.0. The average molecular weight is 487 g/mol. The second-order valence-corrected chi connectivity index (χ2v) is 10.5. The molecule has 0 radical (unpaired) electrons. The summed E-state index contributed by atoms with van der Waals surface area (Å²) in [4.78, 5) is 6.43. The molecule has 1 aliphatic heterocycles. The Kier molecular flexibility index (Phi) is 8.25. The molecule has 0 atom stereocenters. The third kappa shape index (κ3) is 6.51. The topological polar surface area (TPSA) is 67.9 Å². The van der Waals surface area contributed by atoms with Gasteiger partial charge in [0.05, 0.1) is 21.3 Å². The highest BCUT2D eigenvalue weighted by Crippen LogP contribution is 2.40. The van der Waals surface area contributed by atoms with E-state index in [4.69, 9.17) is 26.4 Å². The van der Waals surface area contributed by atoms with Crippen LogP contribution in [-0.2, 0) is 13.1 Å². The van der Waals surface area contributed by atoms with E-state index in [0.717, 1.165) is 24.0 Å². The summed E-state index contributed by atoms with van der Waals surface area (Å²) in [6.45, 7) is 10.1. The smallest absolute Gasteiger partial charge is 0.203 e. The van der Waals surface area contributed by atoms with Crippen molar-refractivity contribution in [1.29, 1.82) is 0 Å². The summed E-state index contributed by atoms with van der Waals surface area (Å²) in [7, 11) is 4.87. The van der Waals surface area contributed by atoms with Crippen molar-refractivity contribution >= 4 is 17.3 Å². The maximum absolute atomic E-state index is 5.97. The summed E-state index contributed by atoms with van der Waals surface area (Å²) in [5.41, 5.74) is 2.09. The number of rotatable bonds is 8. The zero-order valence-electron chi connectivity index (χ0n) is 21.4. The number of ether oxygens (including phenoxy) is 3. The first kappa shape index (κ1) is 26.0. The van der Waals surface area contributed by atoms with Gasteiger partial charge in [0.1, 0.15) is 0 Å². The SMILES string of the molecule is COc1ccc(CN(Cc2cccnc2)C(=S)NC2CC(C)(C)NC(C)(C)C2)c(OC)c1OC. The van der Waals surface area contributed by atoms with Crippen LogP contribution in [0.2, 0.25) is 0 Å². The van der Waals surface area contributed by atoms with E-state index < -0.39 is 0 Å². The van der Waals surface area contributed by atoms with Crippen LogP contribution >= 0.6 is 12.2 Å². The number of benzene rings is 1. The molecule has 0 bridgehead atoms. The van der Waals surface area contributed by atoms with Crippen molar-refractivity contribution in [2.75, 3.05) is 21.3 Å². The molecule has 1 aliphatic rings. The summed E-state index contributed by atoms with van der Waals surface area (Å²) in [5, 5.41) is 8.10. The van der Waals surface area contributed by atoms with Gasteiger partial charge in [0, 0.05) is 48.2 Å². The Morgan fingerprint density at radius 3 is 2.26 bits per heavy atom. The summed E-state index contributed by atoms with van der Waals surface area (Å²) in [5.74, 6) is 1.84. The summed E-state index contributed by atoms with van der Waals surface area (Å²) < 4.78 is 16.8. The Balaban J connectivity index is 1.88. The Hall–Kier alpha value is -2.58. The van der Waals surface area contributed by atoms with Crippen LogP contribution in [0.1, 0.15) is 51.7 Å². The first-order valence-electron chi connectivity index (χ1n) is 11.6. The highest BCUT2D eigenvalue weighted by molar-refractivity contribution is 7.80. The lowest BCUT2D eigenvalue weighted by Crippen LogP contribution is -2.62. The second kappa shape index (κ2) is 10.8. The third-order valence-corrected chi connectivity index (χ3v) is 6.42. The maximum atomic E-state index is 5.97. The van der Waals surface area contributed by atoms with E-state index in [1.807, 2.05) is 24.4 Å². The van der Waals surface area contributed by atoms with Gasteiger partial charge in [-0.15, -0.1) is 0 Å². The van der Waals surface area contributed by atoms with E-state index in [1.165, 1.54) is 0 Å². The minimum Gasteiger partial charge on any atom is -0.493 e. The Morgan fingerprint density at radius 1 is 1.03 bits per heavy atom. The molecule has 1 aromatic carbocycles. The number of nitrogens with one attached hydrogen (secondary N) is 2. The van der Waals surface area contributed by atoms with Crippen LogP contribution < -0.4 is 24.8 Å². The highest BCUT2D eigenvalue weighted by Gasteiger charge is 2.38. The molecule has 34 heavy (non-hydrogen) atoms. The van der Waals surface area contributed by atoms with Gasteiger partial charge in [-0.2, -0.15) is 0 Å². The molecule has 2 N–H and O–H groups in total. The number of hydrogen-bond donors (Lipinski definition) is 2. The molecule has 1 saturated heterocycles. The lowest BCUT2D eigenvalue weighted by molar-refractivity contribution is 0.153. The van der Waals surface area contributed by atoms with Crippen molar-refractivity contribution in [2.45, 2.75) is 70.7 Å². The van der Waals surface area contributed by atoms with Crippen molar-refractivity contribution in [3.8, 4) is 17.2 Å². The fourth-order valence-corrected chi connectivity index (χ4v) is 5.39. The molecule has 2 aromatic rings. The van der Waals surface area contributed by atoms with Gasteiger partial charge in [-0.05, 0) is 76.5 Å². The van der Waals surface area contributed by atoms with Crippen molar-refractivity contribution in [2.24, 2.45) is 0 Å². The molecule has 0 amide bonds. The van der Waals surface area contributed by atoms with Crippen LogP contribution in [0.25, 0.3) is 0 Å². The van der Waals surface area contributed by atoms with Crippen LogP contribution in [0.5, 0.6) is 17.2 Å². The van der Waals surface area contributed by atoms with E-state index in [9.17, 15) is 0 Å². The van der Waals surface area contributed by atoms with E-state index in [-0.39, 0.29) is 17.1 Å². The quantitative estimate of drug-likeness (QED) is 0.536. The van der Waals surface area contributed by atoms with Crippen LogP contribution in [0.3, 0.4) is 0 Å². The first-order valence-corrected chi connectivity index (χ1v) is 12.0. The molecule has 1 aromatic heterocycles. The van der Waals surface area contributed by atoms with Crippen LogP contribution in [0.15, 0.2) is 36.7 Å². The van der Waals surface area contributed by atoms with Gasteiger partial charge in [0.25, 0.3) is 0 Å². The van der Waals surface area contributed by atoms with Crippen molar-refractivity contribution in [3.05, 3.63) is 47.8 Å². The summed E-state index contributed by atoms with van der Waals surface area (Å²) in [6.07, 6.45) is 5.62. The van der Waals surface area contributed by atoms with E-state index in [1.54, 1.807) is 27.5 Å². The van der Waals surface area contributed by atoms with Gasteiger partial charge >= 0.3 is 0 Å². The van der Waals surface area contributed by atoms with Gasteiger partial charge in [-0.25, -0.2) is 0 Å². The van der Waals surface area contributed by atoms with Gasteiger partial charge in [0.2, 0.25) is 5.75 Å². The Labute approximate surface area is 209 Å². The van der Waals surface area contributed by atoms with E-state index in [2.05, 4.69) is 54.3 Å². The molecule has 1 fully saturated rings. The minimum absolute atomic E-state index is 0.0236. The third-order valence-electron chi connectivity index (χ3n) is 6.05. The fraction of sp³-hybridized carbons (Fsp3) is 0.538. The molecular weight excluding hydrogens is 448 g/mol. The number of pyridine rings is 1. The Bertz CT molecular complexity index is 966. The van der Waals surface area contributed by atoms with Crippen LogP contribution in [0.4, 0.5) is 0 Å². The van der Waals surface area contributed by atoms with E-state index >= 15 is 0 Å². The summed E-state index contributed by atoms with van der Waals surface area (Å²) >= 11 is 5.97. The predicted octanol–water partition coefficient (Wildman–Crippen LogP) is 4.29. The second-order valence-electron chi connectivity index (χ2n) is 10.2. The molecule has 0 saturated carbocycles. The monoisotopic (exact) mass is 486 g/mol. The molecular formula is C26H38N4O3S. The minimum atomic E-state index is 0.0236. The molecule has 7 nitrogen and oxygen atoms in total. The van der Waals surface area contributed by atoms with Gasteiger partial charge < -0.3 is 29.7 Å². The first-order chi connectivity index (χ1) is 16.1. The van der Waals surface area contributed by atoms with Crippen LogP contribution in [0, 0.1) is 0 Å². The summed E-state index contributed by atoms with van der Waals surface area (Å²) in [6, 6.07) is 8.16. The van der Waals surface area contributed by atoms with Gasteiger partial charge in [0.15, 0.2) is 16.6 Å². The van der Waals surface area contributed by atoms with Gasteiger partial charge in [-0.3, -0.25) is 4.98 Å². The molecule has 0 unspecified atom stereocenters. The van der Waals surface area contributed by atoms with Crippen molar-refractivity contribution in [1.82, 2.24) is 20.5 Å². The number of thiocarbonyl (C=S) groups is 1.